The van der Waals surface area contributed by atoms with Crippen molar-refractivity contribution in [2.75, 3.05) is 19.7 Å². The van der Waals surface area contributed by atoms with Crippen molar-refractivity contribution in [2.24, 2.45) is 23.2 Å². The highest BCUT2D eigenvalue weighted by Gasteiger charge is 2.51. The number of likely N-dealkylation sites (tertiary alicyclic amines) is 1. The van der Waals surface area contributed by atoms with E-state index in [4.69, 9.17) is 4.74 Å². The Labute approximate surface area is 150 Å². The van der Waals surface area contributed by atoms with Crippen molar-refractivity contribution in [1.82, 2.24) is 10.2 Å². The van der Waals surface area contributed by atoms with Gasteiger partial charge in [0.05, 0.1) is 6.61 Å². The number of hydrogen-bond acceptors (Lipinski definition) is 3. The van der Waals surface area contributed by atoms with Crippen LogP contribution in [-0.4, -0.2) is 42.6 Å². The molecule has 0 aromatic heterocycles. The predicted octanol–water partition coefficient (Wildman–Crippen LogP) is 3.33. The van der Waals surface area contributed by atoms with E-state index in [0.717, 1.165) is 50.1 Å². The first-order valence-corrected chi connectivity index (χ1v) is 10.3. The molecule has 140 valence electrons. The number of piperidine rings is 1. The van der Waals surface area contributed by atoms with Crippen LogP contribution in [0.1, 0.15) is 64.7 Å². The molecule has 0 spiro atoms. The molecule has 1 heterocycles. The summed E-state index contributed by atoms with van der Waals surface area (Å²) in [5, 5.41) is 2.91. The van der Waals surface area contributed by atoms with Crippen LogP contribution in [0, 0.1) is 23.2 Å². The van der Waals surface area contributed by atoms with Gasteiger partial charge in [0.2, 0.25) is 5.91 Å². The second kappa shape index (κ2) is 6.81. The summed E-state index contributed by atoms with van der Waals surface area (Å²) >= 11 is 0. The summed E-state index contributed by atoms with van der Waals surface area (Å²) in [7, 11) is 0. The Morgan fingerprint density at radius 2 is 1.60 bits per heavy atom. The molecule has 5 nitrogen and oxygen atoms in total. The number of rotatable bonds is 4. The second-order valence-electron chi connectivity index (χ2n) is 9.11. The van der Waals surface area contributed by atoms with E-state index in [2.05, 4.69) is 5.32 Å². The number of nitrogens with zero attached hydrogens (tertiary/aromatic N) is 1. The molecule has 1 saturated heterocycles. The van der Waals surface area contributed by atoms with Crippen molar-refractivity contribution >= 4 is 12.0 Å². The van der Waals surface area contributed by atoms with Crippen LogP contribution >= 0.6 is 0 Å². The molecule has 1 N–H and O–H groups in total. The van der Waals surface area contributed by atoms with Gasteiger partial charge in [0.15, 0.2) is 0 Å². The summed E-state index contributed by atoms with van der Waals surface area (Å²) < 4.78 is 4.95. The number of alkyl carbamates (subject to hydrolysis) is 1. The van der Waals surface area contributed by atoms with Crippen molar-refractivity contribution < 1.29 is 14.3 Å². The van der Waals surface area contributed by atoms with Gasteiger partial charge >= 0.3 is 6.09 Å². The molecule has 4 bridgehead atoms. The van der Waals surface area contributed by atoms with Crippen molar-refractivity contribution in [3.8, 4) is 0 Å². The molecule has 4 saturated carbocycles. The SMILES string of the molecule is CCOC(=O)NC1CCN(C(=O)CC23CC4CC(CC(C4)C2)C3)CC1. The van der Waals surface area contributed by atoms with Gasteiger partial charge in [-0.3, -0.25) is 4.79 Å². The lowest BCUT2D eigenvalue weighted by molar-refractivity contribution is -0.140. The number of nitrogens with one attached hydrogen (secondary N) is 1. The van der Waals surface area contributed by atoms with Gasteiger partial charge in [0.1, 0.15) is 0 Å². The standard InChI is InChI=1S/C20H32N2O3/c1-2-25-19(24)21-17-3-5-22(6-4-17)18(23)13-20-10-14-7-15(11-20)9-16(8-14)12-20/h14-17H,2-13H2,1H3,(H,21,24). The van der Waals surface area contributed by atoms with E-state index in [0.29, 0.717) is 17.9 Å². The van der Waals surface area contributed by atoms with E-state index in [1.165, 1.54) is 38.5 Å². The number of hydrogen-bond donors (Lipinski definition) is 1. The van der Waals surface area contributed by atoms with Crippen molar-refractivity contribution in [3.05, 3.63) is 0 Å². The maximum atomic E-state index is 12.9. The van der Waals surface area contributed by atoms with E-state index in [1.54, 1.807) is 0 Å². The minimum absolute atomic E-state index is 0.141. The first kappa shape index (κ1) is 17.2. The fourth-order valence-electron chi connectivity index (χ4n) is 6.55. The van der Waals surface area contributed by atoms with Crippen LogP contribution in [0.5, 0.6) is 0 Å². The highest BCUT2D eigenvalue weighted by atomic mass is 16.5. The Bertz CT molecular complexity index is 490. The van der Waals surface area contributed by atoms with E-state index in [9.17, 15) is 9.59 Å². The van der Waals surface area contributed by atoms with Crippen LogP contribution in [-0.2, 0) is 9.53 Å². The van der Waals surface area contributed by atoms with Crippen LogP contribution in [0.15, 0.2) is 0 Å². The average molecular weight is 348 g/mol. The van der Waals surface area contributed by atoms with Crippen LogP contribution in [0.3, 0.4) is 0 Å². The molecule has 5 rings (SSSR count). The summed E-state index contributed by atoms with van der Waals surface area (Å²) in [6, 6.07) is 0.141. The Balaban J connectivity index is 1.28. The molecular weight excluding hydrogens is 316 g/mol. The molecule has 0 atom stereocenters. The first-order chi connectivity index (χ1) is 12.0. The third kappa shape index (κ3) is 3.65. The van der Waals surface area contributed by atoms with Gasteiger partial charge in [0, 0.05) is 25.6 Å². The van der Waals surface area contributed by atoms with E-state index < -0.39 is 0 Å². The van der Waals surface area contributed by atoms with Gasteiger partial charge in [-0.15, -0.1) is 0 Å². The maximum Gasteiger partial charge on any atom is 0.407 e. The summed E-state index contributed by atoms with van der Waals surface area (Å²) in [6.45, 7) is 3.74. The zero-order valence-corrected chi connectivity index (χ0v) is 15.5. The number of carbonyl (C=O) groups is 2. The lowest BCUT2D eigenvalue weighted by Crippen LogP contribution is -2.50. The molecule has 0 aromatic carbocycles. The topological polar surface area (TPSA) is 58.6 Å². The second-order valence-corrected chi connectivity index (χ2v) is 9.11. The highest BCUT2D eigenvalue weighted by Crippen LogP contribution is 2.61. The Morgan fingerprint density at radius 3 is 2.12 bits per heavy atom. The van der Waals surface area contributed by atoms with Gasteiger partial charge in [0.25, 0.3) is 0 Å². The number of ether oxygens (including phenoxy) is 1. The van der Waals surface area contributed by atoms with Gasteiger partial charge in [-0.25, -0.2) is 4.79 Å². The molecular formula is C20H32N2O3. The Morgan fingerprint density at radius 1 is 1.04 bits per heavy atom. The van der Waals surface area contributed by atoms with Gasteiger partial charge < -0.3 is 15.0 Å². The Hall–Kier alpha value is -1.26. The van der Waals surface area contributed by atoms with Crippen molar-refractivity contribution in [2.45, 2.75) is 70.8 Å². The molecule has 0 radical (unpaired) electrons. The zero-order valence-electron chi connectivity index (χ0n) is 15.5. The summed E-state index contributed by atoms with van der Waals surface area (Å²) in [4.78, 5) is 26.5. The fraction of sp³-hybridized carbons (Fsp3) is 0.900. The van der Waals surface area contributed by atoms with E-state index >= 15 is 0 Å². The molecule has 5 fully saturated rings. The van der Waals surface area contributed by atoms with Crippen molar-refractivity contribution in [3.63, 3.8) is 0 Å². The van der Waals surface area contributed by atoms with Crippen LogP contribution in [0.4, 0.5) is 4.79 Å². The maximum absolute atomic E-state index is 12.9. The number of amides is 2. The van der Waals surface area contributed by atoms with E-state index in [-0.39, 0.29) is 12.1 Å². The van der Waals surface area contributed by atoms with Gasteiger partial charge in [-0.2, -0.15) is 0 Å². The Kier molecular flexibility index (Phi) is 4.67. The summed E-state index contributed by atoms with van der Waals surface area (Å²) in [5.74, 6) is 3.06. The van der Waals surface area contributed by atoms with Crippen LogP contribution in [0.2, 0.25) is 0 Å². The van der Waals surface area contributed by atoms with Crippen molar-refractivity contribution in [1.29, 1.82) is 0 Å². The number of carbonyl (C=O) groups excluding carboxylic acids is 2. The molecule has 2 amide bonds. The lowest BCUT2D eigenvalue weighted by atomic mass is 9.49. The van der Waals surface area contributed by atoms with E-state index in [1.807, 2.05) is 11.8 Å². The molecule has 0 aromatic rings. The van der Waals surface area contributed by atoms with Crippen LogP contribution < -0.4 is 5.32 Å². The third-order valence-corrected chi connectivity index (χ3v) is 7.14. The highest BCUT2D eigenvalue weighted by molar-refractivity contribution is 5.77. The normalized spacial score (nSPS) is 37.2. The molecule has 1 aliphatic heterocycles. The third-order valence-electron chi connectivity index (χ3n) is 7.14. The monoisotopic (exact) mass is 348 g/mol. The molecule has 5 heteroatoms. The lowest BCUT2D eigenvalue weighted by Gasteiger charge is -2.57. The molecule has 25 heavy (non-hydrogen) atoms. The summed E-state index contributed by atoms with van der Waals surface area (Å²) in [6.07, 6.45) is 10.3. The predicted molar refractivity (Wildman–Crippen MR) is 95.0 cm³/mol. The molecule has 5 aliphatic rings. The average Bonchev–Trinajstić information content (AvgIpc) is 2.54. The summed E-state index contributed by atoms with van der Waals surface area (Å²) in [5.41, 5.74) is 0.325. The van der Waals surface area contributed by atoms with Crippen LogP contribution in [0.25, 0.3) is 0 Å². The minimum Gasteiger partial charge on any atom is -0.450 e. The minimum atomic E-state index is -0.333. The molecule has 4 aliphatic carbocycles. The fourth-order valence-corrected chi connectivity index (χ4v) is 6.55. The quantitative estimate of drug-likeness (QED) is 0.848. The first-order valence-electron chi connectivity index (χ1n) is 10.3. The van der Waals surface area contributed by atoms with Gasteiger partial charge in [-0.1, -0.05) is 0 Å². The molecule has 0 unspecified atom stereocenters. The largest absolute Gasteiger partial charge is 0.450 e. The smallest absolute Gasteiger partial charge is 0.407 e. The zero-order chi connectivity index (χ0) is 17.4. The van der Waals surface area contributed by atoms with Gasteiger partial charge in [-0.05, 0) is 81.5 Å².